The van der Waals surface area contributed by atoms with E-state index in [9.17, 15) is 0 Å². The molecule has 0 heterocycles. The van der Waals surface area contributed by atoms with Gasteiger partial charge in [-0.05, 0) is 38.2 Å². The fourth-order valence-electron chi connectivity index (χ4n) is 1.64. The highest BCUT2D eigenvalue weighted by Crippen LogP contribution is 2.28. The molecular formula is C13H21NO2. The summed E-state index contributed by atoms with van der Waals surface area (Å²) >= 11 is 0. The molecule has 0 unspecified atom stereocenters. The molecular weight excluding hydrogens is 202 g/mol. The normalized spacial score (nSPS) is 10.6. The number of rotatable bonds is 5. The van der Waals surface area contributed by atoms with Gasteiger partial charge in [0.15, 0.2) is 0 Å². The number of hydrogen-bond donors (Lipinski definition) is 0. The standard InChI is InChI=1S/C13H21NO2/c1-6-14(3)9-11-8-12(15-4)10(2)7-13(11)16-5/h7-8H,6,9H2,1-5H3. The van der Waals surface area contributed by atoms with Gasteiger partial charge in [-0.2, -0.15) is 0 Å². The van der Waals surface area contributed by atoms with Crippen LogP contribution in [0.3, 0.4) is 0 Å². The summed E-state index contributed by atoms with van der Waals surface area (Å²) in [6, 6.07) is 4.08. The van der Waals surface area contributed by atoms with Crippen LogP contribution in [0.15, 0.2) is 12.1 Å². The van der Waals surface area contributed by atoms with E-state index in [1.54, 1.807) is 14.2 Å². The second-order valence-electron chi connectivity index (χ2n) is 3.96. The minimum Gasteiger partial charge on any atom is -0.496 e. The fourth-order valence-corrected chi connectivity index (χ4v) is 1.64. The lowest BCUT2D eigenvalue weighted by molar-refractivity contribution is 0.331. The molecule has 1 aromatic rings. The molecule has 0 radical (unpaired) electrons. The van der Waals surface area contributed by atoms with Crippen molar-refractivity contribution < 1.29 is 9.47 Å². The van der Waals surface area contributed by atoms with E-state index in [-0.39, 0.29) is 0 Å². The second kappa shape index (κ2) is 5.75. The molecule has 90 valence electrons. The van der Waals surface area contributed by atoms with E-state index < -0.39 is 0 Å². The number of benzene rings is 1. The van der Waals surface area contributed by atoms with E-state index in [0.717, 1.165) is 35.7 Å². The van der Waals surface area contributed by atoms with Crippen LogP contribution in [0.25, 0.3) is 0 Å². The van der Waals surface area contributed by atoms with Crippen LogP contribution in [0.2, 0.25) is 0 Å². The molecule has 0 spiro atoms. The predicted octanol–water partition coefficient (Wildman–Crippen LogP) is 2.46. The van der Waals surface area contributed by atoms with Crippen LogP contribution in [-0.2, 0) is 6.54 Å². The molecule has 0 saturated heterocycles. The first-order valence-corrected chi connectivity index (χ1v) is 5.52. The van der Waals surface area contributed by atoms with Gasteiger partial charge in [0.1, 0.15) is 11.5 Å². The zero-order valence-corrected chi connectivity index (χ0v) is 10.8. The Bertz CT molecular complexity index is 350. The van der Waals surface area contributed by atoms with Crippen LogP contribution in [0.4, 0.5) is 0 Å². The summed E-state index contributed by atoms with van der Waals surface area (Å²) in [5.41, 5.74) is 2.26. The highest BCUT2D eigenvalue weighted by atomic mass is 16.5. The largest absolute Gasteiger partial charge is 0.496 e. The molecule has 0 aliphatic heterocycles. The molecule has 0 bridgehead atoms. The fraction of sp³-hybridized carbons (Fsp3) is 0.538. The lowest BCUT2D eigenvalue weighted by Crippen LogP contribution is -2.17. The monoisotopic (exact) mass is 223 g/mol. The van der Waals surface area contributed by atoms with Crippen molar-refractivity contribution in [3.05, 3.63) is 23.3 Å². The third-order valence-electron chi connectivity index (χ3n) is 2.78. The van der Waals surface area contributed by atoms with Gasteiger partial charge in [-0.1, -0.05) is 6.92 Å². The van der Waals surface area contributed by atoms with Crippen molar-refractivity contribution in [3.8, 4) is 11.5 Å². The molecule has 0 amide bonds. The molecule has 0 aromatic heterocycles. The second-order valence-corrected chi connectivity index (χ2v) is 3.96. The van der Waals surface area contributed by atoms with Crippen LogP contribution in [0.5, 0.6) is 11.5 Å². The Labute approximate surface area is 98.0 Å². The first-order valence-electron chi connectivity index (χ1n) is 5.52. The minimum atomic E-state index is 0.871. The summed E-state index contributed by atoms with van der Waals surface area (Å²) in [6.07, 6.45) is 0. The van der Waals surface area contributed by atoms with Gasteiger partial charge in [0.2, 0.25) is 0 Å². The van der Waals surface area contributed by atoms with E-state index >= 15 is 0 Å². The van der Waals surface area contributed by atoms with E-state index in [0.29, 0.717) is 0 Å². The topological polar surface area (TPSA) is 21.7 Å². The van der Waals surface area contributed by atoms with E-state index in [1.807, 2.05) is 13.0 Å². The van der Waals surface area contributed by atoms with Crippen LogP contribution in [0.1, 0.15) is 18.1 Å². The Kier molecular flexibility index (Phi) is 4.62. The third kappa shape index (κ3) is 2.89. The van der Waals surface area contributed by atoms with Crippen molar-refractivity contribution in [3.63, 3.8) is 0 Å². The van der Waals surface area contributed by atoms with Crippen LogP contribution in [0, 0.1) is 6.92 Å². The molecule has 16 heavy (non-hydrogen) atoms. The number of nitrogens with zero attached hydrogens (tertiary/aromatic N) is 1. The molecule has 1 aromatic carbocycles. The lowest BCUT2D eigenvalue weighted by Gasteiger charge is -2.18. The van der Waals surface area contributed by atoms with Gasteiger partial charge in [0.05, 0.1) is 14.2 Å². The number of methoxy groups -OCH3 is 2. The van der Waals surface area contributed by atoms with Crippen molar-refractivity contribution in [2.24, 2.45) is 0 Å². The molecule has 0 atom stereocenters. The first-order chi connectivity index (χ1) is 7.62. The maximum absolute atomic E-state index is 5.39. The smallest absolute Gasteiger partial charge is 0.123 e. The first kappa shape index (κ1) is 12.8. The van der Waals surface area contributed by atoms with Gasteiger partial charge < -0.3 is 14.4 Å². The van der Waals surface area contributed by atoms with Gasteiger partial charge in [-0.3, -0.25) is 0 Å². The Hall–Kier alpha value is -1.22. The lowest BCUT2D eigenvalue weighted by atomic mass is 10.1. The Morgan fingerprint density at radius 1 is 1.12 bits per heavy atom. The maximum Gasteiger partial charge on any atom is 0.123 e. The van der Waals surface area contributed by atoms with E-state index in [2.05, 4.69) is 24.9 Å². The van der Waals surface area contributed by atoms with Gasteiger partial charge in [0, 0.05) is 12.1 Å². The van der Waals surface area contributed by atoms with Gasteiger partial charge >= 0.3 is 0 Å². The summed E-state index contributed by atoms with van der Waals surface area (Å²) in [4.78, 5) is 2.23. The molecule has 1 rings (SSSR count). The quantitative estimate of drug-likeness (QED) is 0.765. The highest BCUT2D eigenvalue weighted by molar-refractivity contribution is 5.45. The minimum absolute atomic E-state index is 0.871. The summed E-state index contributed by atoms with van der Waals surface area (Å²) < 4.78 is 10.7. The van der Waals surface area contributed by atoms with Crippen molar-refractivity contribution >= 4 is 0 Å². The van der Waals surface area contributed by atoms with Crippen molar-refractivity contribution in [2.75, 3.05) is 27.8 Å². The Morgan fingerprint density at radius 2 is 1.75 bits per heavy atom. The number of aryl methyl sites for hydroxylation is 1. The maximum atomic E-state index is 5.39. The summed E-state index contributed by atoms with van der Waals surface area (Å²) in [5.74, 6) is 1.85. The average Bonchev–Trinajstić information content (AvgIpc) is 2.30. The Morgan fingerprint density at radius 3 is 2.25 bits per heavy atom. The molecule has 0 N–H and O–H groups in total. The Balaban J connectivity index is 3.04. The van der Waals surface area contributed by atoms with Crippen molar-refractivity contribution in [2.45, 2.75) is 20.4 Å². The van der Waals surface area contributed by atoms with E-state index in [1.165, 1.54) is 0 Å². The SMILES string of the molecule is CCN(C)Cc1cc(OC)c(C)cc1OC. The highest BCUT2D eigenvalue weighted by Gasteiger charge is 2.09. The predicted molar refractivity (Wildman–Crippen MR) is 66.3 cm³/mol. The van der Waals surface area contributed by atoms with Crippen LogP contribution < -0.4 is 9.47 Å². The van der Waals surface area contributed by atoms with Gasteiger partial charge in [-0.25, -0.2) is 0 Å². The zero-order valence-electron chi connectivity index (χ0n) is 10.8. The van der Waals surface area contributed by atoms with Gasteiger partial charge in [0.25, 0.3) is 0 Å². The molecule has 0 saturated carbocycles. The number of hydrogen-bond acceptors (Lipinski definition) is 3. The van der Waals surface area contributed by atoms with Gasteiger partial charge in [-0.15, -0.1) is 0 Å². The van der Waals surface area contributed by atoms with Crippen molar-refractivity contribution in [1.82, 2.24) is 4.90 Å². The van der Waals surface area contributed by atoms with Crippen LogP contribution in [-0.4, -0.2) is 32.7 Å². The zero-order chi connectivity index (χ0) is 12.1. The summed E-state index contributed by atoms with van der Waals surface area (Å²) in [5, 5.41) is 0. The van der Waals surface area contributed by atoms with E-state index in [4.69, 9.17) is 9.47 Å². The average molecular weight is 223 g/mol. The molecule has 0 aliphatic carbocycles. The van der Waals surface area contributed by atoms with Crippen molar-refractivity contribution in [1.29, 1.82) is 0 Å². The van der Waals surface area contributed by atoms with Crippen LogP contribution >= 0.6 is 0 Å². The summed E-state index contributed by atoms with van der Waals surface area (Å²) in [7, 11) is 5.49. The third-order valence-corrected chi connectivity index (χ3v) is 2.78. The molecule has 3 nitrogen and oxygen atoms in total. The summed E-state index contributed by atoms with van der Waals surface area (Å²) in [6.45, 7) is 6.04. The molecule has 0 aliphatic rings. The molecule has 0 fully saturated rings. The molecule has 3 heteroatoms. The number of ether oxygens (including phenoxy) is 2.